The number of benzene rings is 1. The highest BCUT2D eigenvalue weighted by Crippen LogP contribution is 2.29. The maximum atomic E-state index is 12.7. The van der Waals surface area contributed by atoms with Crippen molar-refractivity contribution in [2.75, 3.05) is 13.2 Å². The summed E-state index contributed by atoms with van der Waals surface area (Å²) in [4.78, 5) is 14.7. The number of likely N-dealkylation sites (N-methyl/N-ethyl adjacent to an activating group) is 1. The van der Waals surface area contributed by atoms with Gasteiger partial charge < -0.3 is 9.64 Å². The smallest absolute Gasteiger partial charge is 0.253 e. The van der Waals surface area contributed by atoms with Crippen LogP contribution in [0.1, 0.15) is 38.2 Å². The van der Waals surface area contributed by atoms with Crippen molar-refractivity contribution in [1.29, 1.82) is 0 Å². The molecular weight excluding hydrogens is 250 g/mol. The number of para-hydroxylation sites is 1. The second kappa shape index (κ2) is 5.70. The van der Waals surface area contributed by atoms with E-state index in [1.807, 2.05) is 35.2 Å². The first-order valence-corrected chi connectivity index (χ1v) is 7.53. The summed E-state index contributed by atoms with van der Waals surface area (Å²) in [6, 6.07) is 8.29. The third-order valence-corrected chi connectivity index (χ3v) is 4.27. The summed E-state index contributed by atoms with van der Waals surface area (Å²) in [7, 11) is 0. The van der Waals surface area contributed by atoms with Gasteiger partial charge in [0.05, 0.1) is 5.57 Å². The number of nitrogens with zero attached hydrogens (tertiary/aromatic N) is 1. The standard InChI is InChI=1S/C17H21NO2/c1-2-18(15-8-4-5-9-15)17(19)14-11-13-7-3-6-10-16(13)20-12-14/h3,6-7,10-11,15H,2,4-5,8-9,12H2,1H3. The molecule has 3 heteroatoms. The third kappa shape index (κ3) is 2.45. The summed E-state index contributed by atoms with van der Waals surface area (Å²) >= 11 is 0. The molecule has 0 aromatic heterocycles. The van der Waals surface area contributed by atoms with Crippen LogP contribution >= 0.6 is 0 Å². The van der Waals surface area contributed by atoms with Crippen molar-refractivity contribution >= 4 is 12.0 Å². The summed E-state index contributed by atoms with van der Waals surface area (Å²) in [6.45, 7) is 3.23. The minimum absolute atomic E-state index is 0.147. The Kier molecular flexibility index (Phi) is 3.77. The van der Waals surface area contributed by atoms with Gasteiger partial charge in [0.15, 0.2) is 0 Å². The van der Waals surface area contributed by atoms with Crippen LogP contribution in [0.3, 0.4) is 0 Å². The number of rotatable bonds is 3. The Morgan fingerprint density at radius 3 is 2.80 bits per heavy atom. The van der Waals surface area contributed by atoms with Crippen molar-refractivity contribution in [1.82, 2.24) is 4.90 Å². The fourth-order valence-corrected chi connectivity index (χ4v) is 3.21. The molecule has 1 heterocycles. The molecule has 1 aromatic carbocycles. The molecule has 2 aliphatic rings. The molecule has 0 bridgehead atoms. The molecule has 20 heavy (non-hydrogen) atoms. The Morgan fingerprint density at radius 1 is 1.30 bits per heavy atom. The molecule has 0 atom stereocenters. The molecule has 1 aliphatic carbocycles. The van der Waals surface area contributed by atoms with E-state index in [2.05, 4.69) is 6.92 Å². The highest BCUT2D eigenvalue weighted by molar-refractivity contribution is 5.99. The lowest BCUT2D eigenvalue weighted by atomic mass is 10.1. The summed E-state index contributed by atoms with van der Waals surface area (Å²) in [5.74, 6) is 1.02. The van der Waals surface area contributed by atoms with Gasteiger partial charge in [-0.15, -0.1) is 0 Å². The summed E-state index contributed by atoms with van der Waals surface area (Å²) in [5.41, 5.74) is 1.78. The van der Waals surface area contributed by atoms with Crippen LogP contribution in [-0.2, 0) is 4.79 Å². The topological polar surface area (TPSA) is 29.5 Å². The highest BCUT2D eigenvalue weighted by atomic mass is 16.5. The molecule has 1 fully saturated rings. The largest absolute Gasteiger partial charge is 0.488 e. The molecule has 1 saturated carbocycles. The van der Waals surface area contributed by atoms with Gasteiger partial charge in [-0.25, -0.2) is 0 Å². The quantitative estimate of drug-likeness (QED) is 0.844. The molecule has 1 amide bonds. The number of carbonyl (C=O) groups excluding carboxylic acids is 1. The zero-order valence-electron chi connectivity index (χ0n) is 12.0. The first-order chi connectivity index (χ1) is 9.79. The average molecular weight is 271 g/mol. The molecule has 0 N–H and O–H groups in total. The molecule has 0 radical (unpaired) electrons. The van der Waals surface area contributed by atoms with Gasteiger partial charge in [0, 0.05) is 18.2 Å². The zero-order chi connectivity index (χ0) is 13.9. The maximum absolute atomic E-state index is 12.7. The van der Waals surface area contributed by atoms with Gasteiger partial charge in [-0.05, 0) is 31.9 Å². The summed E-state index contributed by atoms with van der Waals surface area (Å²) in [6.07, 6.45) is 6.76. The lowest BCUT2D eigenvalue weighted by Gasteiger charge is -2.29. The van der Waals surface area contributed by atoms with Gasteiger partial charge in [-0.3, -0.25) is 4.79 Å². The van der Waals surface area contributed by atoms with E-state index in [9.17, 15) is 4.79 Å². The SMILES string of the molecule is CCN(C(=O)C1=Cc2ccccc2OC1)C1CCCC1. The van der Waals surface area contributed by atoms with Gasteiger partial charge in [-0.1, -0.05) is 31.0 Å². The van der Waals surface area contributed by atoms with Gasteiger partial charge in [0.2, 0.25) is 0 Å². The van der Waals surface area contributed by atoms with Gasteiger partial charge in [-0.2, -0.15) is 0 Å². The molecule has 0 saturated heterocycles. The number of ether oxygens (including phenoxy) is 1. The van der Waals surface area contributed by atoms with Crippen LogP contribution in [0.4, 0.5) is 0 Å². The second-order valence-electron chi connectivity index (χ2n) is 5.53. The Morgan fingerprint density at radius 2 is 2.05 bits per heavy atom. The minimum atomic E-state index is 0.147. The predicted molar refractivity (Wildman–Crippen MR) is 79.6 cm³/mol. The van der Waals surface area contributed by atoms with Gasteiger partial charge >= 0.3 is 0 Å². The Labute approximate surface area is 120 Å². The highest BCUT2D eigenvalue weighted by Gasteiger charge is 2.28. The van der Waals surface area contributed by atoms with E-state index in [-0.39, 0.29) is 5.91 Å². The minimum Gasteiger partial charge on any atom is -0.488 e. The van der Waals surface area contributed by atoms with Crippen LogP contribution in [0.15, 0.2) is 29.8 Å². The van der Waals surface area contributed by atoms with E-state index in [1.54, 1.807) is 0 Å². The van der Waals surface area contributed by atoms with Crippen molar-refractivity contribution in [3.63, 3.8) is 0 Å². The Hall–Kier alpha value is -1.77. The number of hydrogen-bond acceptors (Lipinski definition) is 2. The third-order valence-electron chi connectivity index (χ3n) is 4.27. The molecular formula is C17H21NO2. The van der Waals surface area contributed by atoms with Crippen LogP contribution in [-0.4, -0.2) is 30.0 Å². The fraction of sp³-hybridized carbons (Fsp3) is 0.471. The van der Waals surface area contributed by atoms with Crippen LogP contribution in [0.25, 0.3) is 6.08 Å². The first-order valence-electron chi connectivity index (χ1n) is 7.53. The first kappa shape index (κ1) is 13.2. The van der Waals surface area contributed by atoms with Crippen LogP contribution in [0.5, 0.6) is 5.75 Å². The van der Waals surface area contributed by atoms with Crippen molar-refractivity contribution in [2.45, 2.75) is 38.6 Å². The van der Waals surface area contributed by atoms with E-state index >= 15 is 0 Å². The molecule has 1 aromatic rings. The number of hydrogen-bond donors (Lipinski definition) is 0. The average Bonchev–Trinajstić information content (AvgIpc) is 3.01. The summed E-state index contributed by atoms with van der Waals surface area (Å²) in [5, 5.41) is 0. The maximum Gasteiger partial charge on any atom is 0.253 e. The van der Waals surface area contributed by atoms with Crippen molar-refractivity contribution < 1.29 is 9.53 Å². The monoisotopic (exact) mass is 271 g/mol. The number of amides is 1. The van der Waals surface area contributed by atoms with Gasteiger partial charge in [0.1, 0.15) is 12.4 Å². The lowest BCUT2D eigenvalue weighted by molar-refractivity contribution is -0.129. The van der Waals surface area contributed by atoms with Crippen molar-refractivity contribution in [3.05, 3.63) is 35.4 Å². The van der Waals surface area contributed by atoms with Crippen molar-refractivity contribution in [2.24, 2.45) is 0 Å². The Balaban J connectivity index is 1.82. The Bertz CT molecular complexity index is 530. The zero-order valence-corrected chi connectivity index (χ0v) is 12.0. The number of carbonyl (C=O) groups is 1. The molecule has 106 valence electrons. The van der Waals surface area contributed by atoms with E-state index in [1.165, 1.54) is 12.8 Å². The molecule has 3 nitrogen and oxygen atoms in total. The predicted octanol–water partition coefficient (Wildman–Crippen LogP) is 3.25. The normalized spacial score (nSPS) is 18.1. The molecule has 1 aliphatic heterocycles. The fourth-order valence-electron chi connectivity index (χ4n) is 3.21. The van der Waals surface area contributed by atoms with Crippen LogP contribution < -0.4 is 4.74 Å². The number of fused-ring (bicyclic) bond motifs is 1. The van der Waals surface area contributed by atoms with E-state index in [0.717, 1.165) is 36.3 Å². The second-order valence-corrected chi connectivity index (χ2v) is 5.53. The van der Waals surface area contributed by atoms with E-state index in [0.29, 0.717) is 12.6 Å². The van der Waals surface area contributed by atoms with E-state index in [4.69, 9.17) is 4.74 Å². The molecule has 0 unspecified atom stereocenters. The van der Waals surface area contributed by atoms with Crippen molar-refractivity contribution in [3.8, 4) is 5.75 Å². The van der Waals surface area contributed by atoms with Gasteiger partial charge in [0.25, 0.3) is 5.91 Å². The lowest BCUT2D eigenvalue weighted by Crippen LogP contribution is -2.40. The molecule has 0 spiro atoms. The van der Waals surface area contributed by atoms with Crippen LogP contribution in [0, 0.1) is 0 Å². The summed E-state index contributed by atoms with van der Waals surface area (Å²) < 4.78 is 5.70. The molecule has 3 rings (SSSR count). The van der Waals surface area contributed by atoms with Crippen LogP contribution in [0.2, 0.25) is 0 Å². The van der Waals surface area contributed by atoms with E-state index < -0.39 is 0 Å².